The molecular weight excluding hydrogens is 270 g/mol. The summed E-state index contributed by atoms with van der Waals surface area (Å²) in [6, 6.07) is 1.87. The van der Waals surface area contributed by atoms with Gasteiger partial charge in [0.1, 0.15) is 0 Å². The molecule has 2 aliphatic rings. The number of aliphatic hydroxyl groups is 1. The lowest BCUT2D eigenvalue weighted by Gasteiger charge is -2.19. The van der Waals surface area contributed by atoms with Crippen LogP contribution < -0.4 is 5.73 Å². The maximum absolute atomic E-state index is 12.6. The Morgan fingerprint density at radius 1 is 1.33 bits per heavy atom. The molecule has 6 heteroatoms. The highest BCUT2D eigenvalue weighted by molar-refractivity contribution is 5.95. The van der Waals surface area contributed by atoms with E-state index < -0.39 is 12.0 Å². The van der Waals surface area contributed by atoms with Crippen molar-refractivity contribution in [3.8, 4) is 0 Å². The molecule has 21 heavy (non-hydrogen) atoms. The highest BCUT2D eigenvalue weighted by atomic mass is 16.3. The molecule has 0 aliphatic carbocycles. The number of hydrogen-bond donors (Lipinski definition) is 2. The summed E-state index contributed by atoms with van der Waals surface area (Å²) < 4.78 is 2.14. The average Bonchev–Trinajstić information content (AvgIpc) is 3.02. The molecule has 0 aromatic carbocycles. The van der Waals surface area contributed by atoms with Crippen molar-refractivity contribution in [3.05, 3.63) is 23.5 Å². The van der Waals surface area contributed by atoms with Crippen LogP contribution in [0.4, 0.5) is 0 Å². The third kappa shape index (κ3) is 2.68. The molecule has 0 unspecified atom stereocenters. The van der Waals surface area contributed by atoms with E-state index in [1.807, 2.05) is 12.3 Å². The van der Waals surface area contributed by atoms with Gasteiger partial charge in [-0.1, -0.05) is 0 Å². The Morgan fingerprint density at radius 2 is 2.14 bits per heavy atom. The molecule has 0 saturated carbocycles. The van der Waals surface area contributed by atoms with Gasteiger partial charge in [0.25, 0.3) is 5.91 Å². The summed E-state index contributed by atoms with van der Waals surface area (Å²) in [5.41, 5.74) is 7.02. The minimum atomic E-state index is -0.667. The lowest BCUT2D eigenvalue weighted by Crippen LogP contribution is -2.30. The number of rotatable bonds is 3. The van der Waals surface area contributed by atoms with Gasteiger partial charge in [0.05, 0.1) is 11.7 Å². The van der Waals surface area contributed by atoms with Crippen LogP contribution >= 0.6 is 0 Å². The number of carbonyl (C=O) groups is 2. The quantitative estimate of drug-likeness (QED) is 0.830. The zero-order valence-corrected chi connectivity index (χ0v) is 12.0. The lowest BCUT2D eigenvalue weighted by atomic mass is 10.0. The van der Waals surface area contributed by atoms with Crippen molar-refractivity contribution in [1.82, 2.24) is 9.47 Å². The average molecular weight is 291 g/mol. The van der Waals surface area contributed by atoms with Gasteiger partial charge >= 0.3 is 0 Å². The molecule has 6 nitrogen and oxygen atoms in total. The summed E-state index contributed by atoms with van der Waals surface area (Å²) in [7, 11) is 0. The van der Waals surface area contributed by atoms with E-state index in [4.69, 9.17) is 5.73 Å². The fourth-order valence-electron chi connectivity index (χ4n) is 3.41. The van der Waals surface area contributed by atoms with E-state index in [9.17, 15) is 14.7 Å². The van der Waals surface area contributed by atoms with Crippen LogP contribution in [-0.2, 0) is 17.8 Å². The number of primary amides is 1. The van der Waals surface area contributed by atoms with Gasteiger partial charge < -0.3 is 20.3 Å². The van der Waals surface area contributed by atoms with Crippen LogP contribution in [0.1, 0.15) is 35.3 Å². The first kappa shape index (κ1) is 14.1. The van der Waals surface area contributed by atoms with Gasteiger partial charge in [-0.3, -0.25) is 9.59 Å². The molecule has 0 radical (unpaired) electrons. The summed E-state index contributed by atoms with van der Waals surface area (Å²) in [6.45, 7) is 1.64. The molecule has 1 fully saturated rings. The van der Waals surface area contributed by atoms with Crippen molar-refractivity contribution in [2.45, 2.75) is 38.3 Å². The number of aryl methyl sites for hydroxylation is 1. The first-order chi connectivity index (χ1) is 10.1. The predicted octanol–water partition coefficient (Wildman–Crippen LogP) is 0.133. The number of carbonyl (C=O) groups excluding carboxylic acids is 2. The summed E-state index contributed by atoms with van der Waals surface area (Å²) in [6.07, 6.45) is 4.61. The Hall–Kier alpha value is -1.82. The van der Waals surface area contributed by atoms with Crippen molar-refractivity contribution in [2.24, 2.45) is 11.7 Å². The third-order valence-corrected chi connectivity index (χ3v) is 4.53. The smallest absolute Gasteiger partial charge is 0.255 e. The van der Waals surface area contributed by atoms with E-state index in [2.05, 4.69) is 4.57 Å². The first-order valence-corrected chi connectivity index (χ1v) is 7.50. The maximum Gasteiger partial charge on any atom is 0.255 e. The molecule has 1 aromatic rings. The number of hydrogen-bond acceptors (Lipinski definition) is 3. The molecule has 114 valence electrons. The molecule has 2 amide bonds. The Kier molecular flexibility index (Phi) is 3.71. The number of likely N-dealkylation sites (tertiary alicyclic amines) is 1. The molecule has 3 rings (SSSR count). The zero-order valence-electron chi connectivity index (χ0n) is 12.0. The molecule has 3 N–H and O–H groups in total. The van der Waals surface area contributed by atoms with E-state index in [0.29, 0.717) is 6.54 Å². The number of aromatic nitrogens is 1. The second-order valence-corrected chi connectivity index (χ2v) is 6.03. The number of amides is 2. The molecule has 3 heterocycles. The van der Waals surface area contributed by atoms with Gasteiger partial charge in [0.15, 0.2) is 0 Å². The maximum atomic E-state index is 12.6. The molecule has 0 bridgehead atoms. The summed E-state index contributed by atoms with van der Waals surface area (Å²) in [5.74, 6) is -0.726. The van der Waals surface area contributed by atoms with Crippen LogP contribution in [0, 0.1) is 5.92 Å². The Labute approximate surface area is 123 Å². The molecule has 1 aromatic heterocycles. The van der Waals surface area contributed by atoms with Crippen LogP contribution in [0.5, 0.6) is 0 Å². The van der Waals surface area contributed by atoms with Gasteiger partial charge in [0, 0.05) is 43.9 Å². The molecule has 2 atom stereocenters. The van der Waals surface area contributed by atoms with Gasteiger partial charge in [-0.15, -0.1) is 0 Å². The van der Waals surface area contributed by atoms with E-state index >= 15 is 0 Å². The van der Waals surface area contributed by atoms with Crippen LogP contribution in [-0.4, -0.2) is 45.6 Å². The van der Waals surface area contributed by atoms with Gasteiger partial charge in [0.2, 0.25) is 5.91 Å². The number of fused-ring (bicyclic) bond motifs is 1. The SMILES string of the molecule is NC(=O)C[C@@H]1CN(C(=O)c2ccn3c2CCCC3)C[C@H]1O. The second-order valence-electron chi connectivity index (χ2n) is 6.03. The van der Waals surface area contributed by atoms with E-state index in [1.165, 1.54) is 0 Å². The van der Waals surface area contributed by atoms with Crippen molar-refractivity contribution < 1.29 is 14.7 Å². The van der Waals surface area contributed by atoms with Gasteiger partial charge in [-0.2, -0.15) is 0 Å². The zero-order chi connectivity index (χ0) is 15.0. The minimum Gasteiger partial charge on any atom is -0.391 e. The van der Waals surface area contributed by atoms with E-state index in [0.717, 1.165) is 37.1 Å². The number of nitrogens with zero attached hydrogens (tertiary/aromatic N) is 2. The second kappa shape index (κ2) is 5.52. The van der Waals surface area contributed by atoms with Crippen LogP contribution in [0.2, 0.25) is 0 Å². The fourth-order valence-corrected chi connectivity index (χ4v) is 3.41. The van der Waals surface area contributed by atoms with Crippen LogP contribution in [0.25, 0.3) is 0 Å². The van der Waals surface area contributed by atoms with Gasteiger partial charge in [-0.05, 0) is 25.3 Å². The third-order valence-electron chi connectivity index (χ3n) is 4.53. The van der Waals surface area contributed by atoms with Crippen molar-refractivity contribution in [3.63, 3.8) is 0 Å². The van der Waals surface area contributed by atoms with Crippen molar-refractivity contribution in [2.75, 3.05) is 13.1 Å². The Bertz CT molecular complexity index is 567. The summed E-state index contributed by atoms with van der Waals surface area (Å²) >= 11 is 0. The van der Waals surface area contributed by atoms with E-state index in [-0.39, 0.29) is 24.8 Å². The topological polar surface area (TPSA) is 88.6 Å². The summed E-state index contributed by atoms with van der Waals surface area (Å²) in [5, 5.41) is 9.99. The van der Waals surface area contributed by atoms with Crippen molar-refractivity contribution >= 4 is 11.8 Å². The minimum absolute atomic E-state index is 0.0447. The van der Waals surface area contributed by atoms with Crippen LogP contribution in [0.15, 0.2) is 12.3 Å². The molecule has 0 spiro atoms. The number of β-amino-alcohol motifs (C(OH)–C–C–N with tert-alkyl or cyclic N) is 1. The highest BCUT2D eigenvalue weighted by Gasteiger charge is 2.36. The summed E-state index contributed by atoms with van der Waals surface area (Å²) in [4.78, 5) is 25.3. The van der Waals surface area contributed by atoms with Crippen LogP contribution in [0.3, 0.4) is 0 Å². The fraction of sp³-hybridized carbons (Fsp3) is 0.600. The molecule has 2 aliphatic heterocycles. The molecule has 1 saturated heterocycles. The lowest BCUT2D eigenvalue weighted by molar-refractivity contribution is -0.119. The van der Waals surface area contributed by atoms with Gasteiger partial charge in [-0.25, -0.2) is 0 Å². The van der Waals surface area contributed by atoms with Crippen molar-refractivity contribution in [1.29, 1.82) is 0 Å². The molecular formula is C15H21N3O3. The predicted molar refractivity (Wildman–Crippen MR) is 76.6 cm³/mol. The number of aliphatic hydroxyl groups excluding tert-OH is 1. The Balaban J connectivity index is 1.74. The standard InChI is InChI=1S/C15H21N3O3/c16-14(20)7-10-8-18(9-13(10)19)15(21)11-4-6-17-5-2-1-3-12(11)17/h4,6,10,13,19H,1-3,5,7-9H2,(H2,16,20)/t10-,13-/m1/s1. The Morgan fingerprint density at radius 3 is 2.90 bits per heavy atom. The largest absolute Gasteiger partial charge is 0.391 e. The normalized spacial score (nSPS) is 24.9. The number of nitrogens with two attached hydrogens (primary N) is 1. The monoisotopic (exact) mass is 291 g/mol. The highest BCUT2D eigenvalue weighted by Crippen LogP contribution is 2.25. The first-order valence-electron chi connectivity index (χ1n) is 7.50. The van der Waals surface area contributed by atoms with E-state index in [1.54, 1.807) is 4.90 Å².